The van der Waals surface area contributed by atoms with E-state index in [1.54, 1.807) is 19.1 Å². The van der Waals surface area contributed by atoms with Crippen LogP contribution >= 0.6 is 15.9 Å². The van der Waals surface area contributed by atoms with Crippen molar-refractivity contribution >= 4 is 37.5 Å². The van der Waals surface area contributed by atoms with Crippen molar-refractivity contribution < 1.29 is 13.2 Å². The van der Waals surface area contributed by atoms with Gasteiger partial charge in [0.25, 0.3) is 0 Å². The van der Waals surface area contributed by atoms with E-state index < -0.39 is 21.3 Å². The minimum atomic E-state index is -3.70. The second-order valence-electron chi connectivity index (χ2n) is 5.20. The Morgan fingerprint density at radius 2 is 2.10 bits per heavy atom. The average Bonchev–Trinajstić information content (AvgIpc) is 2.77. The topological polar surface area (TPSA) is 106 Å². The van der Waals surface area contributed by atoms with E-state index in [4.69, 9.17) is 11.5 Å². The molecule has 1 unspecified atom stereocenters. The lowest BCUT2D eigenvalue weighted by atomic mass is 9.89. The summed E-state index contributed by atoms with van der Waals surface area (Å²) in [6.07, 6.45) is 0.418. The number of primary amides is 1. The molecule has 1 aliphatic rings. The van der Waals surface area contributed by atoms with Crippen LogP contribution in [0.25, 0.3) is 0 Å². The van der Waals surface area contributed by atoms with Gasteiger partial charge in [-0.25, -0.2) is 8.42 Å². The van der Waals surface area contributed by atoms with Crippen molar-refractivity contribution in [1.82, 2.24) is 4.31 Å². The van der Waals surface area contributed by atoms with Crippen molar-refractivity contribution in [2.24, 2.45) is 11.1 Å². The van der Waals surface area contributed by atoms with Gasteiger partial charge in [0.1, 0.15) is 0 Å². The van der Waals surface area contributed by atoms with Crippen molar-refractivity contribution in [2.45, 2.75) is 18.2 Å². The maximum atomic E-state index is 12.6. The normalized spacial score (nSPS) is 23.9. The molecule has 1 fully saturated rings. The molecule has 1 aromatic carbocycles. The van der Waals surface area contributed by atoms with Crippen LogP contribution in [0, 0.1) is 5.41 Å². The minimum Gasteiger partial charge on any atom is -0.399 e. The fraction of sp³-hybridized carbons (Fsp3) is 0.417. The summed E-state index contributed by atoms with van der Waals surface area (Å²) in [6, 6.07) is 4.60. The van der Waals surface area contributed by atoms with Crippen LogP contribution in [0.15, 0.2) is 27.6 Å². The Labute approximate surface area is 126 Å². The van der Waals surface area contributed by atoms with Gasteiger partial charge in [0.15, 0.2) is 0 Å². The number of benzene rings is 1. The summed E-state index contributed by atoms with van der Waals surface area (Å²) in [7, 11) is -3.70. The smallest absolute Gasteiger partial charge is 0.244 e. The van der Waals surface area contributed by atoms with Crippen LogP contribution in [-0.4, -0.2) is 31.7 Å². The van der Waals surface area contributed by atoms with E-state index in [1.165, 1.54) is 10.4 Å². The number of carbonyl (C=O) groups is 1. The highest BCUT2D eigenvalue weighted by molar-refractivity contribution is 9.10. The first kappa shape index (κ1) is 15.3. The molecule has 0 spiro atoms. The molecule has 1 amide bonds. The predicted molar refractivity (Wildman–Crippen MR) is 79.2 cm³/mol. The molecular formula is C12H16BrN3O3S. The summed E-state index contributed by atoms with van der Waals surface area (Å²) < 4.78 is 26.9. The summed E-state index contributed by atoms with van der Waals surface area (Å²) in [4.78, 5) is 11.5. The maximum absolute atomic E-state index is 12.6. The van der Waals surface area contributed by atoms with Crippen LogP contribution in [0.4, 0.5) is 5.69 Å². The highest BCUT2D eigenvalue weighted by atomic mass is 79.9. The van der Waals surface area contributed by atoms with Gasteiger partial charge in [-0.3, -0.25) is 4.79 Å². The molecule has 0 aliphatic carbocycles. The number of hydrogen-bond donors (Lipinski definition) is 2. The molecule has 1 saturated heterocycles. The van der Waals surface area contributed by atoms with Crippen molar-refractivity contribution in [3.05, 3.63) is 22.7 Å². The number of amides is 1. The largest absolute Gasteiger partial charge is 0.399 e. The van der Waals surface area contributed by atoms with Gasteiger partial charge in [-0.15, -0.1) is 0 Å². The maximum Gasteiger partial charge on any atom is 0.244 e. The van der Waals surface area contributed by atoms with Crippen LogP contribution in [0.5, 0.6) is 0 Å². The van der Waals surface area contributed by atoms with Crippen LogP contribution < -0.4 is 11.5 Å². The number of nitrogens with zero attached hydrogens (tertiary/aromatic N) is 1. The second-order valence-corrected chi connectivity index (χ2v) is 7.96. The summed E-state index contributed by atoms with van der Waals surface area (Å²) in [6.45, 7) is 2.04. The van der Waals surface area contributed by atoms with E-state index in [0.29, 0.717) is 16.6 Å². The third kappa shape index (κ3) is 2.55. The number of sulfonamides is 1. The molecule has 1 atom stereocenters. The van der Waals surface area contributed by atoms with Crippen LogP contribution in [-0.2, 0) is 14.8 Å². The van der Waals surface area contributed by atoms with E-state index >= 15 is 0 Å². The Bertz CT molecular complexity index is 662. The molecule has 110 valence electrons. The highest BCUT2D eigenvalue weighted by Gasteiger charge is 2.44. The first-order chi connectivity index (χ1) is 9.17. The number of nitrogen functional groups attached to an aromatic ring is 1. The Kier molecular flexibility index (Phi) is 3.83. The molecular weight excluding hydrogens is 346 g/mol. The quantitative estimate of drug-likeness (QED) is 0.780. The van der Waals surface area contributed by atoms with Gasteiger partial charge in [-0.05, 0) is 47.5 Å². The van der Waals surface area contributed by atoms with Crippen molar-refractivity contribution in [1.29, 1.82) is 0 Å². The molecule has 4 N–H and O–H groups in total. The SMILES string of the molecule is CC1(C(N)=O)CCN(S(=O)(=O)c2cc(N)ccc2Br)C1. The summed E-state index contributed by atoms with van der Waals surface area (Å²) in [5, 5.41) is 0. The first-order valence-electron chi connectivity index (χ1n) is 6.02. The fourth-order valence-corrected chi connectivity index (χ4v) is 4.71. The third-order valence-electron chi connectivity index (χ3n) is 3.61. The van der Waals surface area contributed by atoms with Gasteiger partial charge in [0, 0.05) is 23.2 Å². The van der Waals surface area contributed by atoms with Crippen LogP contribution in [0.2, 0.25) is 0 Å². The predicted octanol–water partition coefficient (Wildman–Crippen LogP) is 0.917. The summed E-state index contributed by atoms with van der Waals surface area (Å²) >= 11 is 3.22. The lowest BCUT2D eigenvalue weighted by Gasteiger charge is -2.21. The number of anilines is 1. The van der Waals surface area contributed by atoms with Gasteiger partial charge in [0.05, 0.1) is 10.3 Å². The number of carbonyl (C=O) groups excluding carboxylic acids is 1. The van der Waals surface area contributed by atoms with Crippen LogP contribution in [0.3, 0.4) is 0 Å². The Hall–Kier alpha value is -1.12. The standard InChI is InChI=1S/C12H16BrN3O3S/c1-12(11(15)17)4-5-16(7-12)20(18,19)10-6-8(14)2-3-9(10)13/h2-3,6H,4-5,7,14H2,1H3,(H2,15,17). The van der Waals surface area contributed by atoms with E-state index in [-0.39, 0.29) is 18.0 Å². The van der Waals surface area contributed by atoms with E-state index in [2.05, 4.69) is 15.9 Å². The summed E-state index contributed by atoms with van der Waals surface area (Å²) in [5.74, 6) is -0.484. The minimum absolute atomic E-state index is 0.0892. The molecule has 0 aromatic heterocycles. The first-order valence-corrected chi connectivity index (χ1v) is 8.25. The van der Waals surface area contributed by atoms with Crippen molar-refractivity contribution in [3.63, 3.8) is 0 Å². The third-order valence-corrected chi connectivity index (χ3v) is 6.45. The van der Waals surface area contributed by atoms with Crippen molar-refractivity contribution in [3.8, 4) is 0 Å². The Morgan fingerprint density at radius 1 is 1.45 bits per heavy atom. The van der Waals surface area contributed by atoms with E-state index in [9.17, 15) is 13.2 Å². The number of rotatable bonds is 3. The molecule has 1 heterocycles. The lowest BCUT2D eigenvalue weighted by Crippen LogP contribution is -2.38. The molecule has 6 nitrogen and oxygen atoms in total. The molecule has 2 rings (SSSR count). The van der Waals surface area contributed by atoms with E-state index in [0.717, 1.165) is 0 Å². The molecule has 1 aliphatic heterocycles. The van der Waals surface area contributed by atoms with Crippen LogP contribution in [0.1, 0.15) is 13.3 Å². The number of nitrogens with two attached hydrogens (primary N) is 2. The Balaban J connectivity index is 2.38. The number of hydrogen-bond acceptors (Lipinski definition) is 4. The van der Waals surface area contributed by atoms with Gasteiger partial charge in [-0.2, -0.15) is 4.31 Å². The number of halogens is 1. The summed E-state index contributed by atoms with van der Waals surface area (Å²) in [5.41, 5.74) is 10.5. The zero-order valence-electron chi connectivity index (χ0n) is 11.0. The molecule has 20 heavy (non-hydrogen) atoms. The van der Waals surface area contributed by atoms with E-state index in [1.807, 2.05) is 0 Å². The van der Waals surface area contributed by atoms with Gasteiger partial charge in [-0.1, -0.05) is 0 Å². The van der Waals surface area contributed by atoms with Gasteiger partial charge in [0.2, 0.25) is 15.9 Å². The molecule has 0 radical (unpaired) electrons. The molecule has 1 aromatic rings. The fourth-order valence-electron chi connectivity index (χ4n) is 2.18. The molecule has 0 saturated carbocycles. The highest BCUT2D eigenvalue weighted by Crippen LogP contribution is 2.35. The van der Waals surface area contributed by atoms with Gasteiger partial charge < -0.3 is 11.5 Å². The van der Waals surface area contributed by atoms with Crippen molar-refractivity contribution in [2.75, 3.05) is 18.8 Å². The Morgan fingerprint density at radius 3 is 2.65 bits per heavy atom. The second kappa shape index (κ2) is 5.01. The average molecular weight is 362 g/mol. The van der Waals surface area contributed by atoms with Gasteiger partial charge >= 0.3 is 0 Å². The molecule has 0 bridgehead atoms. The monoisotopic (exact) mass is 361 g/mol. The molecule has 8 heteroatoms. The zero-order valence-corrected chi connectivity index (χ0v) is 13.4. The zero-order chi connectivity index (χ0) is 15.1. The lowest BCUT2D eigenvalue weighted by molar-refractivity contribution is -0.126.